The highest BCUT2D eigenvalue weighted by atomic mass is 16.6. The van der Waals surface area contributed by atoms with Crippen molar-refractivity contribution in [2.75, 3.05) is 26.9 Å². The molecule has 0 radical (unpaired) electrons. The van der Waals surface area contributed by atoms with E-state index in [1.807, 2.05) is 6.92 Å². The lowest BCUT2D eigenvalue weighted by Crippen LogP contribution is -2.42. The van der Waals surface area contributed by atoms with Gasteiger partial charge in [-0.1, -0.05) is 45.0 Å². The van der Waals surface area contributed by atoms with E-state index >= 15 is 0 Å². The second kappa shape index (κ2) is 10.5. The van der Waals surface area contributed by atoms with Gasteiger partial charge < -0.3 is 24.3 Å². The van der Waals surface area contributed by atoms with Crippen molar-refractivity contribution in [3.63, 3.8) is 0 Å². The number of amides is 1. The normalized spacial score (nSPS) is 20.8. The number of ether oxygens (including phenoxy) is 4. The fourth-order valence-electron chi connectivity index (χ4n) is 3.80. The standard InChI is InChI=1S/C26H34N2O6/c1-17(29)34-23-21(31-6)11-12-27-22(23)24(30)28-20-14-32-16-26(5,33-15-20)13-18-7-9-19(10-8-18)25(2,3)4/h7-12,20H,13-16H2,1-6H3,(H,28,30). The van der Waals surface area contributed by atoms with Crippen LogP contribution in [0.15, 0.2) is 36.5 Å². The Bertz CT molecular complexity index is 1010. The van der Waals surface area contributed by atoms with Crippen LogP contribution in [0, 0.1) is 0 Å². The predicted octanol–water partition coefficient (Wildman–Crippen LogP) is 3.46. The molecule has 2 heterocycles. The van der Waals surface area contributed by atoms with E-state index < -0.39 is 23.5 Å². The van der Waals surface area contributed by atoms with Crippen molar-refractivity contribution in [3.05, 3.63) is 53.3 Å². The number of nitrogens with zero attached hydrogens (tertiary/aromatic N) is 1. The van der Waals surface area contributed by atoms with Gasteiger partial charge in [-0.25, -0.2) is 4.98 Å². The summed E-state index contributed by atoms with van der Waals surface area (Å²) in [6.07, 6.45) is 2.11. The molecule has 1 amide bonds. The lowest BCUT2D eigenvalue weighted by Gasteiger charge is -2.28. The molecule has 1 N–H and O–H groups in total. The van der Waals surface area contributed by atoms with Crippen LogP contribution in [0.3, 0.4) is 0 Å². The van der Waals surface area contributed by atoms with Crippen LogP contribution in [0.5, 0.6) is 11.5 Å². The van der Waals surface area contributed by atoms with Gasteiger partial charge in [0.1, 0.15) is 0 Å². The molecular weight excluding hydrogens is 436 g/mol. The number of carbonyl (C=O) groups is 2. The van der Waals surface area contributed by atoms with Gasteiger partial charge in [0.05, 0.1) is 38.6 Å². The van der Waals surface area contributed by atoms with Gasteiger partial charge >= 0.3 is 5.97 Å². The highest BCUT2D eigenvalue weighted by Crippen LogP contribution is 2.30. The molecule has 8 heteroatoms. The zero-order valence-electron chi connectivity index (χ0n) is 20.8. The molecule has 0 bridgehead atoms. The Morgan fingerprint density at radius 2 is 1.88 bits per heavy atom. The summed E-state index contributed by atoms with van der Waals surface area (Å²) in [7, 11) is 1.43. The third kappa shape index (κ3) is 6.55. The highest BCUT2D eigenvalue weighted by molar-refractivity contribution is 5.96. The number of hydrogen-bond acceptors (Lipinski definition) is 7. The zero-order valence-corrected chi connectivity index (χ0v) is 20.8. The van der Waals surface area contributed by atoms with Gasteiger partial charge in [-0.15, -0.1) is 0 Å². The Morgan fingerprint density at radius 1 is 1.18 bits per heavy atom. The van der Waals surface area contributed by atoms with Crippen molar-refractivity contribution in [1.29, 1.82) is 0 Å². The summed E-state index contributed by atoms with van der Waals surface area (Å²) in [6, 6.07) is 9.69. The fraction of sp³-hybridized carbons (Fsp3) is 0.500. The zero-order chi connectivity index (χ0) is 24.9. The van der Waals surface area contributed by atoms with Gasteiger partial charge in [0, 0.05) is 25.6 Å². The Balaban J connectivity index is 1.65. The topological polar surface area (TPSA) is 96.0 Å². The fourth-order valence-corrected chi connectivity index (χ4v) is 3.80. The Hall–Kier alpha value is -2.97. The number of nitrogens with one attached hydrogen (secondary N) is 1. The number of rotatable bonds is 6. The molecule has 8 nitrogen and oxygen atoms in total. The Morgan fingerprint density at radius 3 is 2.50 bits per heavy atom. The molecule has 2 unspecified atom stereocenters. The number of methoxy groups -OCH3 is 1. The van der Waals surface area contributed by atoms with Crippen molar-refractivity contribution < 1.29 is 28.5 Å². The molecule has 2 aromatic rings. The maximum absolute atomic E-state index is 12.9. The van der Waals surface area contributed by atoms with Gasteiger partial charge in [0.15, 0.2) is 11.4 Å². The van der Waals surface area contributed by atoms with E-state index in [4.69, 9.17) is 18.9 Å². The van der Waals surface area contributed by atoms with E-state index in [9.17, 15) is 9.59 Å². The average Bonchev–Trinajstić information content (AvgIpc) is 2.94. The van der Waals surface area contributed by atoms with E-state index in [2.05, 4.69) is 55.3 Å². The molecular formula is C26H34N2O6. The van der Waals surface area contributed by atoms with Crippen LogP contribution in [0.1, 0.15) is 56.2 Å². The predicted molar refractivity (Wildman–Crippen MR) is 127 cm³/mol. The van der Waals surface area contributed by atoms with Crippen LogP contribution in [-0.2, 0) is 26.1 Å². The molecule has 0 spiro atoms. The molecule has 34 heavy (non-hydrogen) atoms. The van der Waals surface area contributed by atoms with E-state index in [1.54, 1.807) is 0 Å². The van der Waals surface area contributed by atoms with Gasteiger partial charge in [-0.3, -0.25) is 9.59 Å². The number of carbonyl (C=O) groups excluding carboxylic acids is 2. The maximum Gasteiger partial charge on any atom is 0.308 e. The SMILES string of the molecule is COc1ccnc(C(=O)NC2COCC(C)(Cc3ccc(C(C)(C)C)cc3)OC2)c1OC(C)=O. The van der Waals surface area contributed by atoms with Crippen molar-refractivity contribution in [2.24, 2.45) is 0 Å². The summed E-state index contributed by atoms with van der Waals surface area (Å²) in [5.41, 5.74) is 1.97. The van der Waals surface area contributed by atoms with Crippen molar-refractivity contribution in [2.45, 2.75) is 58.1 Å². The second-order valence-corrected chi connectivity index (χ2v) is 9.85. The second-order valence-electron chi connectivity index (χ2n) is 9.85. The number of esters is 1. The third-order valence-corrected chi connectivity index (χ3v) is 5.64. The largest absolute Gasteiger partial charge is 0.493 e. The van der Waals surface area contributed by atoms with E-state index in [-0.39, 0.29) is 35.8 Å². The highest BCUT2D eigenvalue weighted by Gasteiger charge is 2.32. The first-order valence-corrected chi connectivity index (χ1v) is 11.3. The molecule has 1 aliphatic rings. The monoisotopic (exact) mass is 470 g/mol. The summed E-state index contributed by atoms with van der Waals surface area (Å²) in [6.45, 7) is 10.8. The van der Waals surface area contributed by atoms with Gasteiger partial charge in [-0.05, 0) is 23.5 Å². The first kappa shape index (κ1) is 25.6. The summed E-state index contributed by atoms with van der Waals surface area (Å²) < 4.78 is 22.5. The number of hydrogen-bond donors (Lipinski definition) is 1. The molecule has 184 valence electrons. The molecule has 0 saturated carbocycles. The van der Waals surface area contributed by atoms with Crippen LogP contribution in [0.2, 0.25) is 0 Å². The summed E-state index contributed by atoms with van der Waals surface area (Å²) in [5, 5.41) is 2.87. The summed E-state index contributed by atoms with van der Waals surface area (Å²) in [5.74, 6) is -0.857. The van der Waals surface area contributed by atoms with Crippen LogP contribution >= 0.6 is 0 Å². The van der Waals surface area contributed by atoms with Crippen LogP contribution in [0.4, 0.5) is 0 Å². The van der Waals surface area contributed by atoms with Crippen LogP contribution in [-0.4, -0.2) is 55.4 Å². The van der Waals surface area contributed by atoms with E-state index in [0.717, 1.165) is 5.56 Å². The molecule has 0 aliphatic carbocycles. The number of pyridine rings is 1. The quantitative estimate of drug-likeness (QED) is 0.646. The Kier molecular flexibility index (Phi) is 7.94. The lowest BCUT2D eigenvalue weighted by molar-refractivity contribution is -0.132. The molecule has 1 aliphatic heterocycles. The smallest absolute Gasteiger partial charge is 0.308 e. The number of benzene rings is 1. The molecule has 1 aromatic carbocycles. The van der Waals surface area contributed by atoms with E-state index in [1.165, 1.54) is 31.9 Å². The minimum atomic E-state index is -0.576. The average molecular weight is 471 g/mol. The van der Waals surface area contributed by atoms with E-state index in [0.29, 0.717) is 13.0 Å². The third-order valence-electron chi connectivity index (χ3n) is 5.64. The molecule has 1 saturated heterocycles. The van der Waals surface area contributed by atoms with Gasteiger partial charge in [-0.2, -0.15) is 0 Å². The van der Waals surface area contributed by atoms with Crippen molar-refractivity contribution in [1.82, 2.24) is 10.3 Å². The van der Waals surface area contributed by atoms with Crippen LogP contribution < -0.4 is 14.8 Å². The molecule has 3 rings (SSSR count). The lowest BCUT2D eigenvalue weighted by atomic mass is 9.86. The number of aromatic nitrogens is 1. The molecule has 2 atom stereocenters. The van der Waals surface area contributed by atoms with Gasteiger partial charge in [0.25, 0.3) is 5.91 Å². The van der Waals surface area contributed by atoms with Crippen LogP contribution in [0.25, 0.3) is 0 Å². The molecule has 1 fully saturated rings. The summed E-state index contributed by atoms with van der Waals surface area (Å²) in [4.78, 5) is 28.5. The van der Waals surface area contributed by atoms with Crippen molar-refractivity contribution in [3.8, 4) is 11.5 Å². The maximum atomic E-state index is 12.9. The minimum absolute atomic E-state index is 0.0194. The van der Waals surface area contributed by atoms with Gasteiger partial charge in [0.2, 0.25) is 5.75 Å². The first-order chi connectivity index (χ1) is 16.0. The summed E-state index contributed by atoms with van der Waals surface area (Å²) >= 11 is 0. The van der Waals surface area contributed by atoms with Crippen molar-refractivity contribution >= 4 is 11.9 Å². The molecule has 1 aromatic heterocycles. The Labute approximate surface area is 201 Å². The minimum Gasteiger partial charge on any atom is -0.493 e. The first-order valence-electron chi connectivity index (χ1n) is 11.3.